The van der Waals surface area contributed by atoms with Gasteiger partial charge in [-0.05, 0) is 18.4 Å². The van der Waals surface area contributed by atoms with Crippen LogP contribution in [0, 0.1) is 0 Å². The number of fused-ring (bicyclic) bond motifs is 1. The van der Waals surface area contributed by atoms with Crippen LogP contribution < -0.4 is 5.56 Å². The fourth-order valence-corrected chi connectivity index (χ4v) is 4.73. The van der Waals surface area contributed by atoms with Crippen molar-refractivity contribution in [2.75, 3.05) is 6.54 Å². The highest BCUT2D eigenvalue weighted by Crippen LogP contribution is 2.31. The molecular weight excluding hydrogens is 362 g/mol. The summed E-state index contributed by atoms with van der Waals surface area (Å²) in [6, 6.07) is 10.3. The number of hydrogen-bond donors (Lipinski definition) is 2. The molecule has 3 heterocycles. The van der Waals surface area contributed by atoms with Crippen LogP contribution in [-0.2, 0) is 19.5 Å². The van der Waals surface area contributed by atoms with E-state index in [1.165, 1.54) is 19.3 Å². The van der Waals surface area contributed by atoms with Crippen LogP contribution in [0.3, 0.4) is 0 Å². The van der Waals surface area contributed by atoms with Crippen molar-refractivity contribution >= 4 is 0 Å². The number of nitrogens with zero attached hydrogens (tertiary/aromatic N) is 3. The molecule has 5 rings (SSSR count). The van der Waals surface area contributed by atoms with Gasteiger partial charge in [0.25, 0.3) is 5.56 Å². The molecule has 1 aliphatic heterocycles. The van der Waals surface area contributed by atoms with E-state index in [-0.39, 0.29) is 5.56 Å². The number of nitrogens with one attached hydrogen (secondary N) is 2. The molecule has 150 valence electrons. The average molecular weight is 390 g/mol. The molecule has 0 amide bonds. The Hall–Kier alpha value is -2.73. The Bertz CT molecular complexity index is 1030. The highest BCUT2D eigenvalue weighted by Gasteiger charge is 2.25. The summed E-state index contributed by atoms with van der Waals surface area (Å²) in [6.07, 6.45) is 8.82. The Morgan fingerprint density at radius 1 is 1.10 bits per heavy atom. The summed E-state index contributed by atoms with van der Waals surface area (Å²) >= 11 is 0. The van der Waals surface area contributed by atoms with Crippen LogP contribution in [-0.4, -0.2) is 31.6 Å². The van der Waals surface area contributed by atoms with Crippen molar-refractivity contribution in [3.63, 3.8) is 0 Å². The standard InChI is InChI=1S/C23H27N5O/c29-23-19-15-28(14-18-13-24-27-21(18)16-7-3-1-4-8-16)12-11-20(19)25-22(26-23)17-9-5-2-6-10-17/h1,3-4,7-8,13,17H,2,5-6,9-12,14-15H2,(H,24,27)(H,25,26,29). The normalized spacial score (nSPS) is 17.9. The third-order valence-electron chi connectivity index (χ3n) is 6.33. The van der Waals surface area contributed by atoms with E-state index in [1.807, 2.05) is 24.4 Å². The Balaban J connectivity index is 1.35. The second-order valence-corrected chi connectivity index (χ2v) is 8.31. The molecule has 1 saturated carbocycles. The summed E-state index contributed by atoms with van der Waals surface area (Å²) in [4.78, 5) is 23.1. The molecule has 0 saturated heterocycles. The summed E-state index contributed by atoms with van der Waals surface area (Å²) in [6.45, 7) is 2.32. The maximum absolute atomic E-state index is 12.8. The molecule has 1 fully saturated rings. The Kier molecular flexibility index (Phi) is 5.02. The van der Waals surface area contributed by atoms with E-state index in [0.29, 0.717) is 12.5 Å². The number of H-pyrrole nitrogens is 2. The summed E-state index contributed by atoms with van der Waals surface area (Å²) in [5, 5.41) is 7.39. The lowest BCUT2D eigenvalue weighted by molar-refractivity contribution is 0.241. The van der Waals surface area contributed by atoms with Gasteiger partial charge in [0, 0.05) is 37.5 Å². The average Bonchev–Trinajstić information content (AvgIpc) is 3.23. The van der Waals surface area contributed by atoms with E-state index < -0.39 is 0 Å². The predicted octanol–water partition coefficient (Wildman–Crippen LogP) is 3.77. The summed E-state index contributed by atoms with van der Waals surface area (Å²) in [5.74, 6) is 1.35. The minimum atomic E-state index is 0.0516. The molecule has 0 radical (unpaired) electrons. The first kappa shape index (κ1) is 18.3. The topological polar surface area (TPSA) is 77.7 Å². The van der Waals surface area contributed by atoms with E-state index in [9.17, 15) is 4.79 Å². The molecule has 1 aliphatic carbocycles. The molecule has 0 unspecified atom stereocenters. The van der Waals surface area contributed by atoms with Crippen LogP contribution in [0.2, 0.25) is 0 Å². The van der Waals surface area contributed by atoms with Gasteiger partial charge in [0.15, 0.2) is 0 Å². The van der Waals surface area contributed by atoms with Crippen LogP contribution in [0.15, 0.2) is 41.3 Å². The third kappa shape index (κ3) is 3.77. The molecular formula is C23H27N5O. The van der Waals surface area contributed by atoms with Gasteiger partial charge in [-0.25, -0.2) is 4.98 Å². The van der Waals surface area contributed by atoms with Crippen LogP contribution in [0.25, 0.3) is 11.3 Å². The van der Waals surface area contributed by atoms with E-state index >= 15 is 0 Å². The molecule has 6 heteroatoms. The Labute approximate surface area is 170 Å². The molecule has 2 aliphatic rings. The van der Waals surface area contributed by atoms with Crippen molar-refractivity contribution < 1.29 is 0 Å². The van der Waals surface area contributed by atoms with Gasteiger partial charge < -0.3 is 4.98 Å². The van der Waals surface area contributed by atoms with E-state index in [4.69, 9.17) is 4.98 Å². The lowest BCUT2D eigenvalue weighted by Gasteiger charge is -2.28. The van der Waals surface area contributed by atoms with Crippen LogP contribution in [0.1, 0.15) is 60.7 Å². The first-order valence-corrected chi connectivity index (χ1v) is 10.7. The second kappa shape index (κ2) is 7.95. The zero-order valence-corrected chi connectivity index (χ0v) is 16.7. The smallest absolute Gasteiger partial charge is 0.255 e. The predicted molar refractivity (Wildman–Crippen MR) is 113 cm³/mol. The lowest BCUT2D eigenvalue weighted by Crippen LogP contribution is -2.36. The quantitative estimate of drug-likeness (QED) is 0.712. The molecule has 1 aromatic carbocycles. The molecule has 3 aromatic rings. The van der Waals surface area contributed by atoms with Gasteiger partial charge in [-0.1, -0.05) is 49.6 Å². The second-order valence-electron chi connectivity index (χ2n) is 8.31. The number of aromatic amines is 2. The molecule has 0 spiro atoms. The molecule has 29 heavy (non-hydrogen) atoms. The first-order valence-electron chi connectivity index (χ1n) is 10.7. The fraction of sp³-hybridized carbons (Fsp3) is 0.435. The number of benzene rings is 1. The zero-order chi connectivity index (χ0) is 19.6. The summed E-state index contributed by atoms with van der Waals surface area (Å²) in [5.41, 5.74) is 5.23. The van der Waals surface area contributed by atoms with Gasteiger partial charge in [-0.3, -0.25) is 14.8 Å². The number of aromatic nitrogens is 4. The Morgan fingerprint density at radius 3 is 2.76 bits per heavy atom. The molecule has 0 atom stereocenters. The van der Waals surface area contributed by atoms with Crippen LogP contribution >= 0.6 is 0 Å². The van der Waals surface area contributed by atoms with Gasteiger partial charge in [0.05, 0.1) is 23.1 Å². The van der Waals surface area contributed by atoms with Crippen molar-refractivity contribution in [2.24, 2.45) is 0 Å². The molecule has 2 N–H and O–H groups in total. The minimum absolute atomic E-state index is 0.0516. The highest BCUT2D eigenvalue weighted by molar-refractivity contribution is 5.62. The maximum Gasteiger partial charge on any atom is 0.255 e. The van der Waals surface area contributed by atoms with Gasteiger partial charge in [0.1, 0.15) is 5.82 Å². The highest BCUT2D eigenvalue weighted by atomic mass is 16.1. The van der Waals surface area contributed by atoms with Gasteiger partial charge in [-0.15, -0.1) is 0 Å². The van der Waals surface area contributed by atoms with Crippen molar-refractivity contribution in [1.82, 2.24) is 25.1 Å². The van der Waals surface area contributed by atoms with Crippen molar-refractivity contribution in [1.29, 1.82) is 0 Å². The van der Waals surface area contributed by atoms with Crippen LogP contribution in [0.5, 0.6) is 0 Å². The van der Waals surface area contributed by atoms with Gasteiger partial charge in [0.2, 0.25) is 0 Å². The van der Waals surface area contributed by atoms with Crippen molar-refractivity contribution in [2.45, 2.75) is 57.5 Å². The van der Waals surface area contributed by atoms with Gasteiger partial charge in [-0.2, -0.15) is 5.10 Å². The fourth-order valence-electron chi connectivity index (χ4n) is 4.73. The summed E-state index contributed by atoms with van der Waals surface area (Å²) in [7, 11) is 0. The largest absolute Gasteiger partial charge is 0.310 e. The van der Waals surface area contributed by atoms with E-state index in [0.717, 1.165) is 66.3 Å². The lowest BCUT2D eigenvalue weighted by atomic mass is 9.88. The molecule has 2 aromatic heterocycles. The van der Waals surface area contributed by atoms with Gasteiger partial charge >= 0.3 is 0 Å². The number of rotatable bonds is 4. The van der Waals surface area contributed by atoms with Crippen molar-refractivity contribution in [3.05, 3.63) is 69.5 Å². The monoisotopic (exact) mass is 389 g/mol. The Morgan fingerprint density at radius 2 is 1.93 bits per heavy atom. The first-order chi connectivity index (χ1) is 14.3. The molecule has 6 nitrogen and oxygen atoms in total. The maximum atomic E-state index is 12.8. The van der Waals surface area contributed by atoms with Crippen molar-refractivity contribution in [3.8, 4) is 11.3 Å². The van der Waals surface area contributed by atoms with E-state index in [2.05, 4.69) is 32.2 Å². The zero-order valence-electron chi connectivity index (χ0n) is 16.7. The summed E-state index contributed by atoms with van der Waals surface area (Å²) < 4.78 is 0. The third-order valence-corrected chi connectivity index (χ3v) is 6.33. The minimum Gasteiger partial charge on any atom is -0.310 e. The van der Waals surface area contributed by atoms with E-state index in [1.54, 1.807) is 0 Å². The molecule has 0 bridgehead atoms. The SMILES string of the molecule is O=c1[nH]c(C2CCCCC2)nc2c1CN(Cc1cn[nH]c1-c1ccccc1)CC2. The van der Waals surface area contributed by atoms with Crippen LogP contribution in [0.4, 0.5) is 0 Å². The number of hydrogen-bond acceptors (Lipinski definition) is 4.